The lowest BCUT2D eigenvalue weighted by molar-refractivity contribution is -0.925. The maximum absolute atomic E-state index is 6.15. The number of quaternary nitrogens is 1. The van der Waals surface area contributed by atoms with E-state index in [-0.39, 0.29) is 6.10 Å². The molecular formula is C20H25ClN3OS+. The van der Waals surface area contributed by atoms with Crippen LogP contribution in [0.4, 0.5) is 5.69 Å². The van der Waals surface area contributed by atoms with Crippen LogP contribution in [0.15, 0.2) is 48.5 Å². The van der Waals surface area contributed by atoms with Gasteiger partial charge in [0.25, 0.3) is 0 Å². The van der Waals surface area contributed by atoms with Gasteiger partial charge in [0.2, 0.25) is 0 Å². The third-order valence-corrected chi connectivity index (χ3v) is 5.28. The summed E-state index contributed by atoms with van der Waals surface area (Å²) < 4.78 is 5.90. The molecule has 2 aromatic rings. The van der Waals surface area contributed by atoms with Gasteiger partial charge in [-0.3, -0.25) is 0 Å². The van der Waals surface area contributed by atoms with Crippen LogP contribution in [0.5, 0.6) is 0 Å². The van der Waals surface area contributed by atoms with Crippen molar-refractivity contribution in [3.63, 3.8) is 0 Å². The van der Waals surface area contributed by atoms with Crippen molar-refractivity contribution in [3.8, 4) is 0 Å². The fourth-order valence-corrected chi connectivity index (χ4v) is 3.51. The molecule has 1 saturated heterocycles. The second-order valence-electron chi connectivity index (χ2n) is 6.61. The van der Waals surface area contributed by atoms with Gasteiger partial charge in [0.05, 0.1) is 6.61 Å². The highest BCUT2D eigenvalue weighted by Gasteiger charge is 2.23. The van der Waals surface area contributed by atoms with Crippen LogP contribution in [0.25, 0.3) is 0 Å². The second kappa shape index (κ2) is 9.33. The van der Waals surface area contributed by atoms with Gasteiger partial charge in [0.1, 0.15) is 25.7 Å². The van der Waals surface area contributed by atoms with Crippen LogP contribution in [0.2, 0.25) is 5.02 Å². The zero-order valence-corrected chi connectivity index (χ0v) is 16.5. The molecule has 1 heterocycles. The van der Waals surface area contributed by atoms with Crippen LogP contribution < -0.4 is 15.5 Å². The maximum Gasteiger partial charge on any atom is 0.170 e. The number of nitrogens with one attached hydrogen (secondary N) is 3. The number of rotatable bonds is 5. The lowest BCUT2D eigenvalue weighted by atomic mass is 10.2. The minimum absolute atomic E-state index is 0.155. The summed E-state index contributed by atoms with van der Waals surface area (Å²) in [6, 6.07) is 16.4. The quantitative estimate of drug-likeness (QED) is 0.685. The minimum atomic E-state index is 0.155. The molecule has 6 heteroatoms. The summed E-state index contributed by atoms with van der Waals surface area (Å²) in [6.45, 7) is 6.50. The van der Waals surface area contributed by atoms with Gasteiger partial charge in [-0.2, -0.15) is 0 Å². The molecule has 0 amide bonds. The first kappa shape index (κ1) is 19.1. The van der Waals surface area contributed by atoms with E-state index in [0.29, 0.717) is 11.7 Å². The minimum Gasteiger partial charge on any atom is -0.365 e. The zero-order valence-electron chi connectivity index (χ0n) is 14.9. The van der Waals surface area contributed by atoms with Crippen LogP contribution in [0, 0.1) is 6.92 Å². The Kier molecular flexibility index (Phi) is 6.86. The molecule has 0 bridgehead atoms. The van der Waals surface area contributed by atoms with E-state index in [4.69, 9.17) is 28.6 Å². The molecule has 1 aliphatic rings. The van der Waals surface area contributed by atoms with Gasteiger partial charge in [0, 0.05) is 22.8 Å². The molecular weight excluding hydrogens is 366 g/mol. The normalized spacial score (nSPS) is 19.8. The van der Waals surface area contributed by atoms with Gasteiger partial charge < -0.3 is 20.3 Å². The standard InChI is InChI=1S/C20H24ClN3OS/c1-15-18(21)8-5-9-19(15)23-20(26)22-12-17-14-24(10-11-25-17)13-16-6-3-2-4-7-16/h2-9,17H,10-14H2,1H3,(H2,22,23,26)/p+1/t17-/m0/s1. The van der Waals surface area contributed by atoms with Crippen molar-refractivity contribution in [3.05, 3.63) is 64.7 Å². The molecule has 2 atom stereocenters. The summed E-state index contributed by atoms with van der Waals surface area (Å²) in [5.41, 5.74) is 3.28. The first-order valence-corrected chi connectivity index (χ1v) is 9.69. The number of ether oxygens (including phenoxy) is 1. The molecule has 26 heavy (non-hydrogen) atoms. The Morgan fingerprint density at radius 3 is 2.85 bits per heavy atom. The summed E-state index contributed by atoms with van der Waals surface area (Å²) in [5.74, 6) is 0. The fraction of sp³-hybridized carbons (Fsp3) is 0.350. The Bertz CT molecular complexity index is 741. The van der Waals surface area contributed by atoms with E-state index >= 15 is 0 Å². The van der Waals surface area contributed by atoms with Crippen molar-refractivity contribution < 1.29 is 9.64 Å². The van der Waals surface area contributed by atoms with Crippen molar-refractivity contribution in [1.82, 2.24) is 5.32 Å². The summed E-state index contributed by atoms with van der Waals surface area (Å²) in [7, 11) is 0. The number of halogens is 1. The zero-order chi connectivity index (χ0) is 18.4. The Balaban J connectivity index is 1.46. The van der Waals surface area contributed by atoms with Crippen molar-refractivity contribution >= 4 is 34.6 Å². The summed E-state index contributed by atoms with van der Waals surface area (Å²) in [4.78, 5) is 1.54. The van der Waals surface area contributed by atoms with Gasteiger partial charge >= 0.3 is 0 Å². The molecule has 0 aromatic heterocycles. The van der Waals surface area contributed by atoms with Crippen LogP contribution in [-0.4, -0.2) is 37.5 Å². The molecule has 3 N–H and O–H groups in total. The number of anilines is 1. The molecule has 138 valence electrons. The molecule has 0 radical (unpaired) electrons. The predicted octanol–water partition coefficient (Wildman–Crippen LogP) is 2.42. The highest BCUT2D eigenvalue weighted by Crippen LogP contribution is 2.22. The molecule has 0 saturated carbocycles. The smallest absolute Gasteiger partial charge is 0.170 e. The Hall–Kier alpha value is -1.66. The first-order valence-electron chi connectivity index (χ1n) is 8.91. The van der Waals surface area contributed by atoms with Crippen LogP contribution in [-0.2, 0) is 11.3 Å². The molecule has 1 fully saturated rings. The van der Waals surface area contributed by atoms with Crippen molar-refractivity contribution in [1.29, 1.82) is 0 Å². The Morgan fingerprint density at radius 2 is 2.04 bits per heavy atom. The van der Waals surface area contributed by atoms with E-state index in [1.54, 1.807) is 4.90 Å². The largest absolute Gasteiger partial charge is 0.365 e. The number of benzene rings is 2. The van der Waals surface area contributed by atoms with E-state index in [1.165, 1.54) is 5.56 Å². The lowest BCUT2D eigenvalue weighted by Crippen LogP contribution is -3.13. The third-order valence-electron chi connectivity index (χ3n) is 4.63. The van der Waals surface area contributed by atoms with Crippen LogP contribution in [0.3, 0.4) is 0 Å². The van der Waals surface area contributed by atoms with E-state index < -0.39 is 0 Å². The maximum atomic E-state index is 6.15. The topological polar surface area (TPSA) is 37.7 Å². The average molecular weight is 391 g/mol. The SMILES string of the molecule is Cc1c(Cl)cccc1NC(=S)NC[C@H]1C[NH+](Cc2ccccc2)CCO1. The molecule has 1 unspecified atom stereocenters. The monoisotopic (exact) mass is 390 g/mol. The lowest BCUT2D eigenvalue weighted by Gasteiger charge is -2.30. The number of thiocarbonyl (C=S) groups is 1. The van der Waals surface area contributed by atoms with Gasteiger partial charge in [-0.05, 0) is 36.8 Å². The van der Waals surface area contributed by atoms with Crippen molar-refractivity contribution in [2.75, 3.05) is 31.6 Å². The molecule has 0 aliphatic carbocycles. The molecule has 1 aliphatic heterocycles. The van der Waals surface area contributed by atoms with Crippen LogP contribution >= 0.6 is 23.8 Å². The Labute approximate surface area is 165 Å². The number of hydrogen-bond acceptors (Lipinski definition) is 2. The molecule has 4 nitrogen and oxygen atoms in total. The van der Waals surface area contributed by atoms with Crippen LogP contribution in [0.1, 0.15) is 11.1 Å². The van der Waals surface area contributed by atoms with Crippen molar-refractivity contribution in [2.24, 2.45) is 0 Å². The summed E-state index contributed by atoms with van der Waals surface area (Å²) in [6.07, 6.45) is 0.155. The van der Waals surface area contributed by atoms with Crippen molar-refractivity contribution in [2.45, 2.75) is 19.6 Å². The van der Waals surface area contributed by atoms with Gasteiger partial charge in [-0.25, -0.2) is 0 Å². The van der Waals surface area contributed by atoms with E-state index in [9.17, 15) is 0 Å². The van der Waals surface area contributed by atoms with E-state index in [2.05, 4.69) is 41.0 Å². The van der Waals surface area contributed by atoms with Gasteiger partial charge in [0.15, 0.2) is 5.11 Å². The molecule has 2 aromatic carbocycles. The van der Waals surface area contributed by atoms with E-state index in [0.717, 1.165) is 42.5 Å². The average Bonchev–Trinajstić information content (AvgIpc) is 2.65. The molecule has 3 rings (SSSR count). The van der Waals surface area contributed by atoms with Gasteiger partial charge in [-0.15, -0.1) is 0 Å². The second-order valence-corrected chi connectivity index (χ2v) is 7.42. The Morgan fingerprint density at radius 1 is 1.23 bits per heavy atom. The summed E-state index contributed by atoms with van der Waals surface area (Å²) >= 11 is 11.6. The number of morpholine rings is 1. The highest BCUT2D eigenvalue weighted by molar-refractivity contribution is 7.80. The highest BCUT2D eigenvalue weighted by atomic mass is 35.5. The fourth-order valence-electron chi connectivity index (χ4n) is 3.15. The predicted molar refractivity (Wildman–Crippen MR) is 111 cm³/mol. The van der Waals surface area contributed by atoms with Gasteiger partial charge in [-0.1, -0.05) is 48.0 Å². The number of hydrogen-bond donors (Lipinski definition) is 3. The first-order chi connectivity index (χ1) is 12.6. The van der Waals surface area contributed by atoms with E-state index in [1.807, 2.05) is 25.1 Å². The summed E-state index contributed by atoms with van der Waals surface area (Å²) in [5, 5.41) is 7.81. The third kappa shape index (κ3) is 5.42. The molecule has 0 spiro atoms.